The molecule has 2 N–H and O–H groups in total. The summed E-state index contributed by atoms with van der Waals surface area (Å²) in [6.07, 6.45) is 7.50. The van der Waals surface area contributed by atoms with E-state index in [9.17, 15) is 15.0 Å². The molecule has 0 unspecified atom stereocenters. The van der Waals surface area contributed by atoms with Crippen molar-refractivity contribution < 1.29 is 24.1 Å². The first kappa shape index (κ1) is 21.6. The van der Waals surface area contributed by atoms with Crippen LogP contribution in [0.15, 0.2) is 51.4 Å². The minimum absolute atomic E-state index is 0.00845. The number of methoxy groups -OCH3 is 1. The zero-order chi connectivity index (χ0) is 23.2. The number of aromatic hydroxyl groups is 2. The summed E-state index contributed by atoms with van der Waals surface area (Å²) in [5.74, 6) is 0.529. The first-order chi connectivity index (χ1) is 15.1. The van der Waals surface area contributed by atoms with Gasteiger partial charge in [-0.25, -0.2) is 0 Å². The lowest BCUT2D eigenvalue weighted by atomic mass is 9.91. The molecule has 0 bridgehead atoms. The Labute approximate surface area is 186 Å². The lowest BCUT2D eigenvalue weighted by Crippen LogP contribution is -2.27. The maximum Gasteiger partial charge on any atom is 0.204 e. The highest BCUT2D eigenvalue weighted by atomic mass is 16.5. The van der Waals surface area contributed by atoms with Crippen molar-refractivity contribution in [3.05, 3.63) is 63.5 Å². The highest BCUT2D eigenvalue weighted by Crippen LogP contribution is 2.45. The summed E-state index contributed by atoms with van der Waals surface area (Å²) >= 11 is 0. The van der Waals surface area contributed by atoms with Crippen LogP contribution in [0.3, 0.4) is 0 Å². The Morgan fingerprint density at radius 1 is 1.16 bits per heavy atom. The van der Waals surface area contributed by atoms with Crippen LogP contribution in [-0.4, -0.2) is 22.9 Å². The van der Waals surface area contributed by atoms with E-state index in [-0.39, 0.29) is 28.0 Å². The molecule has 6 heteroatoms. The van der Waals surface area contributed by atoms with Gasteiger partial charge in [-0.1, -0.05) is 17.7 Å². The van der Waals surface area contributed by atoms with E-state index < -0.39 is 11.0 Å². The molecule has 0 amide bonds. The fourth-order valence-electron chi connectivity index (χ4n) is 3.79. The van der Waals surface area contributed by atoms with Gasteiger partial charge in [-0.05, 0) is 51.8 Å². The van der Waals surface area contributed by atoms with Crippen molar-refractivity contribution in [3.8, 4) is 34.1 Å². The fraction of sp³-hybridized carbons (Fsp3) is 0.269. The maximum atomic E-state index is 13.4. The highest BCUT2D eigenvalue weighted by Gasteiger charge is 2.28. The standard InChI is InChI=1S/C26H26O6/c1-14(2)6-7-17-18(10-15-8-9-26(3,4)32-25(15)24(17)29)19-13-31-21-12-16(30-5)11-20(27)22(21)23(19)28/h6,8-13,27,29H,7H2,1-5H3. The number of benzene rings is 2. The van der Waals surface area contributed by atoms with Crippen molar-refractivity contribution in [3.63, 3.8) is 0 Å². The van der Waals surface area contributed by atoms with Gasteiger partial charge in [0, 0.05) is 23.3 Å². The van der Waals surface area contributed by atoms with Crippen LogP contribution in [0.5, 0.6) is 23.0 Å². The summed E-state index contributed by atoms with van der Waals surface area (Å²) in [6, 6.07) is 4.73. The Bertz CT molecular complexity index is 1340. The van der Waals surface area contributed by atoms with E-state index in [4.69, 9.17) is 13.9 Å². The average molecular weight is 434 g/mol. The predicted octanol–water partition coefficient (Wildman–Crippen LogP) is 5.57. The van der Waals surface area contributed by atoms with Crippen molar-refractivity contribution in [2.24, 2.45) is 0 Å². The van der Waals surface area contributed by atoms with Crippen molar-refractivity contribution in [2.75, 3.05) is 7.11 Å². The first-order valence-corrected chi connectivity index (χ1v) is 10.3. The maximum absolute atomic E-state index is 13.4. The van der Waals surface area contributed by atoms with Gasteiger partial charge in [0.25, 0.3) is 0 Å². The molecule has 0 fully saturated rings. The van der Waals surface area contributed by atoms with Gasteiger partial charge in [0.15, 0.2) is 11.5 Å². The summed E-state index contributed by atoms with van der Waals surface area (Å²) in [5.41, 5.74) is 2.31. The summed E-state index contributed by atoms with van der Waals surface area (Å²) in [4.78, 5) is 13.4. The first-order valence-electron chi connectivity index (χ1n) is 10.3. The van der Waals surface area contributed by atoms with E-state index in [2.05, 4.69) is 0 Å². The number of allylic oxidation sites excluding steroid dienone is 2. The van der Waals surface area contributed by atoms with Crippen molar-refractivity contribution in [1.29, 1.82) is 0 Å². The molecule has 32 heavy (non-hydrogen) atoms. The Morgan fingerprint density at radius 3 is 2.59 bits per heavy atom. The molecular weight excluding hydrogens is 408 g/mol. The smallest absolute Gasteiger partial charge is 0.204 e. The van der Waals surface area contributed by atoms with Gasteiger partial charge < -0.3 is 24.1 Å². The third kappa shape index (κ3) is 3.73. The molecule has 0 aliphatic carbocycles. The monoisotopic (exact) mass is 434 g/mol. The number of fused-ring (bicyclic) bond motifs is 2. The molecule has 166 valence electrons. The van der Waals surface area contributed by atoms with Crippen LogP contribution in [0.2, 0.25) is 0 Å². The second-order valence-corrected chi connectivity index (χ2v) is 8.69. The van der Waals surface area contributed by atoms with Crippen molar-refractivity contribution in [2.45, 2.75) is 39.7 Å². The number of phenols is 2. The van der Waals surface area contributed by atoms with Gasteiger partial charge in [-0.15, -0.1) is 0 Å². The average Bonchev–Trinajstić information content (AvgIpc) is 2.73. The van der Waals surface area contributed by atoms with E-state index in [1.807, 2.05) is 52.0 Å². The largest absolute Gasteiger partial charge is 0.507 e. The van der Waals surface area contributed by atoms with Gasteiger partial charge in [0.2, 0.25) is 5.43 Å². The number of phenolic OH excluding ortho intramolecular Hbond substituents is 2. The Balaban J connectivity index is 2.01. The van der Waals surface area contributed by atoms with E-state index in [1.54, 1.807) is 6.07 Å². The van der Waals surface area contributed by atoms with E-state index >= 15 is 0 Å². The molecule has 6 nitrogen and oxygen atoms in total. The van der Waals surface area contributed by atoms with E-state index in [1.165, 1.54) is 19.4 Å². The predicted molar refractivity (Wildman–Crippen MR) is 125 cm³/mol. The molecule has 1 aliphatic rings. The van der Waals surface area contributed by atoms with Crippen LogP contribution < -0.4 is 14.9 Å². The molecule has 0 saturated carbocycles. The van der Waals surface area contributed by atoms with Gasteiger partial charge in [0.05, 0.1) is 12.7 Å². The SMILES string of the molecule is COc1cc(O)c2c(=O)c(-c3cc4c(c(O)c3CC=C(C)C)OC(C)(C)C=C4)coc2c1. The van der Waals surface area contributed by atoms with Crippen LogP contribution in [-0.2, 0) is 6.42 Å². The molecule has 1 aromatic heterocycles. The molecule has 2 aromatic carbocycles. The Hall–Kier alpha value is -3.67. The molecule has 2 heterocycles. The lowest BCUT2D eigenvalue weighted by Gasteiger charge is -2.29. The molecule has 4 rings (SSSR count). The molecule has 0 saturated heterocycles. The summed E-state index contributed by atoms with van der Waals surface area (Å²) in [5, 5.41) is 21.7. The normalized spacial score (nSPS) is 14.0. The van der Waals surface area contributed by atoms with Crippen LogP contribution >= 0.6 is 0 Å². The van der Waals surface area contributed by atoms with Crippen LogP contribution in [0.4, 0.5) is 0 Å². The third-order valence-electron chi connectivity index (χ3n) is 5.49. The fourth-order valence-corrected chi connectivity index (χ4v) is 3.79. The van der Waals surface area contributed by atoms with Gasteiger partial charge in [0.1, 0.15) is 34.3 Å². The zero-order valence-corrected chi connectivity index (χ0v) is 18.8. The zero-order valence-electron chi connectivity index (χ0n) is 18.8. The molecule has 0 spiro atoms. The van der Waals surface area contributed by atoms with Gasteiger partial charge >= 0.3 is 0 Å². The summed E-state index contributed by atoms with van der Waals surface area (Å²) < 4.78 is 16.9. The highest BCUT2D eigenvalue weighted by molar-refractivity contribution is 5.89. The van der Waals surface area contributed by atoms with E-state index in [0.29, 0.717) is 34.6 Å². The number of hydrogen-bond acceptors (Lipinski definition) is 6. The minimum Gasteiger partial charge on any atom is -0.507 e. The van der Waals surface area contributed by atoms with E-state index in [0.717, 1.165) is 5.57 Å². The van der Waals surface area contributed by atoms with Gasteiger partial charge in [-0.2, -0.15) is 0 Å². The molecule has 1 aliphatic heterocycles. The van der Waals surface area contributed by atoms with Crippen molar-refractivity contribution in [1.82, 2.24) is 0 Å². The molecular formula is C26H26O6. The minimum atomic E-state index is -0.563. The molecule has 0 radical (unpaired) electrons. The van der Waals surface area contributed by atoms with Crippen LogP contribution in [0.25, 0.3) is 28.2 Å². The second kappa shape index (κ2) is 7.79. The number of ether oxygens (including phenoxy) is 2. The lowest BCUT2D eigenvalue weighted by molar-refractivity contribution is 0.152. The topological polar surface area (TPSA) is 89.1 Å². The summed E-state index contributed by atoms with van der Waals surface area (Å²) in [6.45, 7) is 7.75. The third-order valence-corrected chi connectivity index (χ3v) is 5.49. The number of hydrogen-bond donors (Lipinski definition) is 2. The summed E-state index contributed by atoms with van der Waals surface area (Å²) in [7, 11) is 1.47. The van der Waals surface area contributed by atoms with Crippen molar-refractivity contribution >= 4 is 17.0 Å². The van der Waals surface area contributed by atoms with Crippen LogP contribution in [0, 0.1) is 0 Å². The molecule has 0 atom stereocenters. The molecule has 3 aromatic rings. The Kier molecular flexibility index (Phi) is 5.25. The van der Waals surface area contributed by atoms with Gasteiger partial charge in [-0.3, -0.25) is 4.79 Å². The van der Waals surface area contributed by atoms with Crippen LogP contribution in [0.1, 0.15) is 38.8 Å². The second-order valence-electron chi connectivity index (χ2n) is 8.69. The quantitative estimate of drug-likeness (QED) is 0.522. The Morgan fingerprint density at radius 2 is 1.91 bits per heavy atom. The number of rotatable bonds is 4.